The van der Waals surface area contributed by atoms with Gasteiger partial charge in [0.05, 0.1) is 5.69 Å². The quantitative estimate of drug-likeness (QED) is 0.684. The van der Waals surface area contributed by atoms with Crippen molar-refractivity contribution in [2.75, 3.05) is 0 Å². The first kappa shape index (κ1) is 13.2. The predicted octanol–water partition coefficient (Wildman–Crippen LogP) is 4.86. The third kappa shape index (κ3) is 3.88. The molecule has 0 heterocycles. The van der Waals surface area contributed by atoms with Crippen LogP contribution in [0, 0.1) is 0 Å². The maximum atomic E-state index is 11.4. The molecule has 2 aromatic carbocycles. The maximum absolute atomic E-state index is 11.4. The Morgan fingerprint density at radius 1 is 1.05 bits per heavy atom. The summed E-state index contributed by atoms with van der Waals surface area (Å²) in [6.07, 6.45) is -0.680. The summed E-state index contributed by atoms with van der Waals surface area (Å²) in [7, 11) is 0. The van der Waals surface area contributed by atoms with E-state index >= 15 is 0 Å². The van der Waals surface area contributed by atoms with E-state index in [0.29, 0.717) is 5.69 Å². The zero-order valence-electron chi connectivity index (χ0n) is 11.3. The van der Waals surface area contributed by atoms with Gasteiger partial charge in [0.15, 0.2) is 0 Å². The minimum atomic E-state index is -0.680. The number of amides is 1. The van der Waals surface area contributed by atoms with Crippen molar-refractivity contribution in [1.29, 1.82) is 0 Å². The van der Waals surface area contributed by atoms with Crippen molar-refractivity contribution < 1.29 is 9.53 Å². The van der Waals surface area contributed by atoms with Gasteiger partial charge in [-0.05, 0) is 43.7 Å². The van der Waals surface area contributed by atoms with E-state index in [0.717, 1.165) is 10.8 Å². The highest BCUT2D eigenvalue weighted by molar-refractivity contribution is 5.85. The summed E-state index contributed by atoms with van der Waals surface area (Å²) in [5, 5.41) is 9.62. The largest absolute Gasteiger partial charge is 0.452 e. The Bertz CT molecular complexity index is 627. The third-order valence-corrected chi connectivity index (χ3v) is 2.37. The fourth-order valence-electron chi connectivity index (χ4n) is 1.62. The van der Waals surface area contributed by atoms with E-state index in [1.165, 1.54) is 0 Å². The summed E-state index contributed by atoms with van der Waals surface area (Å²) in [4.78, 5) is 11.4. The van der Waals surface area contributed by atoms with E-state index in [4.69, 9.17) is 4.74 Å². The Labute approximate surface area is 112 Å². The third-order valence-electron chi connectivity index (χ3n) is 2.37. The number of hydrogen-bond acceptors (Lipinski definition) is 3. The SMILES string of the molecule is CC(C)(C)OC(=O)N=Nc1ccc2ccccc2c1. The lowest BCUT2D eigenvalue weighted by atomic mass is 10.1. The Morgan fingerprint density at radius 3 is 2.42 bits per heavy atom. The van der Waals surface area contributed by atoms with Crippen molar-refractivity contribution in [3.8, 4) is 0 Å². The summed E-state index contributed by atoms with van der Waals surface area (Å²) < 4.78 is 5.05. The Balaban J connectivity index is 2.15. The maximum Gasteiger partial charge on any atom is 0.452 e. The van der Waals surface area contributed by atoms with Crippen molar-refractivity contribution in [1.82, 2.24) is 0 Å². The molecule has 4 nitrogen and oxygen atoms in total. The van der Waals surface area contributed by atoms with Crippen molar-refractivity contribution in [2.45, 2.75) is 26.4 Å². The van der Waals surface area contributed by atoms with Gasteiger partial charge < -0.3 is 4.74 Å². The number of benzene rings is 2. The van der Waals surface area contributed by atoms with Crippen LogP contribution in [-0.2, 0) is 4.74 Å². The summed E-state index contributed by atoms with van der Waals surface area (Å²) in [6.45, 7) is 5.36. The Kier molecular flexibility index (Phi) is 3.60. The molecule has 1 amide bonds. The molecule has 4 heteroatoms. The molecule has 19 heavy (non-hydrogen) atoms. The van der Waals surface area contributed by atoms with Crippen molar-refractivity contribution in [3.63, 3.8) is 0 Å². The summed E-state index contributed by atoms with van der Waals surface area (Å²) in [5.74, 6) is 0. The smallest absolute Gasteiger partial charge is 0.441 e. The van der Waals surface area contributed by atoms with Gasteiger partial charge >= 0.3 is 6.09 Å². The first-order chi connectivity index (χ1) is 8.94. The molecule has 0 fully saturated rings. The molecular weight excluding hydrogens is 240 g/mol. The molecule has 98 valence electrons. The van der Waals surface area contributed by atoms with Gasteiger partial charge in [-0.25, -0.2) is 4.79 Å². The molecule has 0 aliphatic heterocycles. The lowest BCUT2D eigenvalue weighted by Crippen LogP contribution is -2.21. The molecule has 0 unspecified atom stereocenters. The zero-order chi connectivity index (χ0) is 13.9. The van der Waals surface area contributed by atoms with Crippen LogP contribution < -0.4 is 0 Å². The van der Waals surface area contributed by atoms with E-state index < -0.39 is 11.7 Å². The minimum Gasteiger partial charge on any atom is -0.441 e. The second kappa shape index (κ2) is 5.18. The van der Waals surface area contributed by atoms with Gasteiger partial charge in [-0.3, -0.25) is 0 Å². The van der Waals surface area contributed by atoms with Crippen LogP contribution in [0.2, 0.25) is 0 Å². The molecule has 2 aromatic rings. The average Bonchev–Trinajstić information content (AvgIpc) is 2.34. The van der Waals surface area contributed by atoms with Gasteiger partial charge in [-0.15, -0.1) is 5.11 Å². The lowest BCUT2D eigenvalue weighted by molar-refractivity contribution is 0.0592. The Hall–Kier alpha value is -2.23. The van der Waals surface area contributed by atoms with E-state index in [-0.39, 0.29) is 0 Å². The van der Waals surface area contributed by atoms with Crippen molar-refractivity contribution in [3.05, 3.63) is 42.5 Å². The van der Waals surface area contributed by atoms with Crippen LogP contribution in [0.5, 0.6) is 0 Å². The van der Waals surface area contributed by atoms with E-state index in [1.54, 1.807) is 20.8 Å². The van der Waals surface area contributed by atoms with Gasteiger partial charge in [-0.2, -0.15) is 0 Å². The highest BCUT2D eigenvalue weighted by atomic mass is 16.6. The van der Waals surface area contributed by atoms with Crippen LogP contribution in [-0.4, -0.2) is 11.7 Å². The molecule has 0 aromatic heterocycles. The van der Waals surface area contributed by atoms with Crippen LogP contribution >= 0.6 is 0 Å². The topological polar surface area (TPSA) is 51.0 Å². The van der Waals surface area contributed by atoms with Crippen LogP contribution in [0.4, 0.5) is 10.5 Å². The second-order valence-electron chi connectivity index (χ2n) is 5.21. The highest BCUT2D eigenvalue weighted by Crippen LogP contribution is 2.21. The van der Waals surface area contributed by atoms with Crippen molar-refractivity contribution in [2.24, 2.45) is 10.2 Å². The van der Waals surface area contributed by atoms with Crippen LogP contribution in [0.25, 0.3) is 10.8 Å². The van der Waals surface area contributed by atoms with E-state index in [2.05, 4.69) is 10.2 Å². The van der Waals surface area contributed by atoms with Gasteiger partial charge in [0, 0.05) is 0 Å². The highest BCUT2D eigenvalue weighted by Gasteiger charge is 2.15. The van der Waals surface area contributed by atoms with Crippen molar-refractivity contribution >= 4 is 22.6 Å². The predicted molar refractivity (Wildman–Crippen MR) is 74.7 cm³/mol. The molecule has 0 spiro atoms. The van der Waals surface area contributed by atoms with Gasteiger partial charge in [0.1, 0.15) is 5.60 Å². The normalized spacial score (nSPS) is 11.9. The molecule has 0 radical (unpaired) electrons. The number of nitrogens with zero attached hydrogens (tertiary/aromatic N) is 2. The number of carbonyl (C=O) groups excluding carboxylic acids is 1. The summed E-state index contributed by atoms with van der Waals surface area (Å²) in [5.41, 5.74) is 0.0732. The fraction of sp³-hybridized carbons (Fsp3) is 0.267. The van der Waals surface area contributed by atoms with Crippen LogP contribution in [0.1, 0.15) is 20.8 Å². The van der Waals surface area contributed by atoms with Crippen LogP contribution in [0.3, 0.4) is 0 Å². The van der Waals surface area contributed by atoms with Crippen LogP contribution in [0.15, 0.2) is 52.7 Å². The summed E-state index contributed by atoms with van der Waals surface area (Å²) in [6, 6.07) is 13.6. The number of azo groups is 1. The second-order valence-corrected chi connectivity index (χ2v) is 5.21. The first-order valence-electron chi connectivity index (χ1n) is 6.07. The first-order valence-corrected chi connectivity index (χ1v) is 6.07. The number of rotatable bonds is 1. The van der Waals surface area contributed by atoms with Gasteiger partial charge in [0.25, 0.3) is 0 Å². The van der Waals surface area contributed by atoms with E-state index in [9.17, 15) is 4.79 Å². The number of hydrogen-bond donors (Lipinski definition) is 0. The Morgan fingerprint density at radius 2 is 1.74 bits per heavy atom. The molecule has 0 saturated heterocycles. The summed E-state index contributed by atoms with van der Waals surface area (Å²) >= 11 is 0. The zero-order valence-corrected chi connectivity index (χ0v) is 11.3. The molecular formula is C15H16N2O2. The number of ether oxygens (including phenoxy) is 1. The average molecular weight is 256 g/mol. The monoisotopic (exact) mass is 256 g/mol. The molecule has 0 bridgehead atoms. The molecule has 2 rings (SSSR count). The molecule has 0 aliphatic carbocycles. The van der Waals surface area contributed by atoms with E-state index in [1.807, 2.05) is 42.5 Å². The molecule has 0 aliphatic rings. The molecule has 0 atom stereocenters. The van der Waals surface area contributed by atoms with Gasteiger partial charge in [-0.1, -0.05) is 35.4 Å². The van der Waals surface area contributed by atoms with Gasteiger partial charge in [0.2, 0.25) is 0 Å². The standard InChI is InChI=1S/C15H16N2O2/c1-15(2,3)19-14(18)17-16-13-9-8-11-6-4-5-7-12(11)10-13/h4-10H,1-3H3. The minimum absolute atomic E-state index is 0.556. The number of carbonyl (C=O) groups is 1. The molecule has 0 saturated carbocycles. The lowest BCUT2D eigenvalue weighted by Gasteiger charge is -2.16. The molecule has 0 N–H and O–H groups in total. The fourth-order valence-corrected chi connectivity index (χ4v) is 1.62. The number of fused-ring (bicyclic) bond motifs is 1.